The fraction of sp³-hybridized carbons (Fsp3) is 0.538. The normalized spacial score (nSPS) is 13.4. The van der Waals surface area contributed by atoms with Crippen LogP contribution in [-0.2, 0) is 0 Å². The monoisotopic (exact) mass is 273 g/mol. The summed E-state index contributed by atoms with van der Waals surface area (Å²) in [5.74, 6) is 0.667. The molecule has 0 amide bonds. The van der Waals surface area contributed by atoms with Gasteiger partial charge in [-0.1, -0.05) is 11.6 Å². The molecule has 1 aromatic rings. The molecule has 0 spiro atoms. The molecule has 102 valence electrons. The van der Waals surface area contributed by atoms with Gasteiger partial charge in [-0.2, -0.15) is 0 Å². The Kier molecular flexibility index (Phi) is 5.88. The van der Waals surface area contributed by atoms with Crippen molar-refractivity contribution in [2.24, 2.45) is 0 Å². The Bertz CT molecular complexity index is 354. The molecule has 5 heteroatoms. The lowest BCUT2D eigenvalue weighted by Gasteiger charge is -2.25. The molecule has 1 aromatic carbocycles. The van der Waals surface area contributed by atoms with Gasteiger partial charge in [-0.25, -0.2) is 0 Å². The van der Waals surface area contributed by atoms with Crippen LogP contribution in [0.1, 0.15) is 13.8 Å². The van der Waals surface area contributed by atoms with Crippen LogP contribution in [0.15, 0.2) is 24.3 Å². The van der Waals surface area contributed by atoms with E-state index in [4.69, 9.17) is 21.4 Å². The van der Waals surface area contributed by atoms with Crippen LogP contribution in [0.5, 0.6) is 5.75 Å². The minimum absolute atomic E-state index is 0.0117. The van der Waals surface area contributed by atoms with Crippen molar-refractivity contribution in [3.63, 3.8) is 0 Å². The van der Waals surface area contributed by atoms with Crippen LogP contribution in [0.2, 0.25) is 5.02 Å². The van der Waals surface area contributed by atoms with Crippen molar-refractivity contribution in [2.45, 2.75) is 25.5 Å². The van der Waals surface area contributed by atoms with E-state index in [0.29, 0.717) is 17.3 Å². The first-order valence-corrected chi connectivity index (χ1v) is 6.23. The number of hydrogen-bond donors (Lipinski definition) is 3. The summed E-state index contributed by atoms with van der Waals surface area (Å²) in [4.78, 5) is 0. The third kappa shape index (κ3) is 5.69. The Morgan fingerprint density at radius 3 is 2.50 bits per heavy atom. The molecule has 0 fully saturated rings. The van der Waals surface area contributed by atoms with Crippen LogP contribution < -0.4 is 10.1 Å². The van der Waals surface area contributed by atoms with Crippen molar-refractivity contribution in [2.75, 3.05) is 19.8 Å². The number of hydrogen-bond acceptors (Lipinski definition) is 4. The van der Waals surface area contributed by atoms with Crippen LogP contribution in [0.25, 0.3) is 0 Å². The van der Waals surface area contributed by atoms with E-state index in [1.165, 1.54) is 0 Å². The topological polar surface area (TPSA) is 61.7 Å². The first-order chi connectivity index (χ1) is 8.43. The molecule has 0 aliphatic rings. The van der Waals surface area contributed by atoms with Gasteiger partial charge in [0.05, 0.1) is 6.61 Å². The fourth-order valence-corrected chi connectivity index (χ4v) is 1.36. The predicted molar refractivity (Wildman–Crippen MR) is 72.1 cm³/mol. The molecule has 1 unspecified atom stereocenters. The van der Waals surface area contributed by atoms with Crippen LogP contribution in [0.4, 0.5) is 0 Å². The maximum atomic E-state index is 9.73. The van der Waals surface area contributed by atoms with Crippen molar-refractivity contribution in [3.8, 4) is 5.75 Å². The second-order valence-corrected chi connectivity index (χ2v) is 5.28. The van der Waals surface area contributed by atoms with E-state index >= 15 is 0 Å². The summed E-state index contributed by atoms with van der Waals surface area (Å²) in [6, 6.07) is 6.97. The van der Waals surface area contributed by atoms with Gasteiger partial charge in [0, 0.05) is 17.1 Å². The molecule has 1 rings (SSSR count). The Morgan fingerprint density at radius 1 is 1.33 bits per heavy atom. The quantitative estimate of drug-likeness (QED) is 0.704. The summed E-state index contributed by atoms with van der Waals surface area (Å²) in [5, 5.41) is 22.5. The van der Waals surface area contributed by atoms with Crippen molar-refractivity contribution >= 4 is 11.6 Å². The molecule has 0 saturated carbocycles. The summed E-state index contributed by atoms with van der Waals surface area (Å²) >= 11 is 5.75. The molecule has 0 aliphatic heterocycles. The zero-order chi connectivity index (χ0) is 13.6. The molecule has 1 atom stereocenters. The Labute approximate surface area is 113 Å². The van der Waals surface area contributed by atoms with E-state index in [1.54, 1.807) is 24.3 Å². The molecule has 0 radical (unpaired) electrons. The number of ether oxygens (including phenoxy) is 1. The number of benzene rings is 1. The summed E-state index contributed by atoms with van der Waals surface area (Å²) in [5.41, 5.74) is -0.402. The number of aliphatic hydroxyl groups is 2. The standard InChI is InChI=1S/C13H20ClNO3/c1-13(2,9-16)15-7-11(17)8-18-12-5-3-10(14)4-6-12/h3-6,11,15-17H,7-9H2,1-2H3. The van der Waals surface area contributed by atoms with Gasteiger partial charge in [0.2, 0.25) is 0 Å². The van der Waals surface area contributed by atoms with E-state index < -0.39 is 11.6 Å². The van der Waals surface area contributed by atoms with Gasteiger partial charge in [0.1, 0.15) is 18.5 Å². The molecule has 0 aliphatic carbocycles. The maximum absolute atomic E-state index is 9.73. The van der Waals surface area contributed by atoms with Crippen LogP contribution in [-0.4, -0.2) is 41.6 Å². The van der Waals surface area contributed by atoms with E-state index in [-0.39, 0.29) is 13.2 Å². The van der Waals surface area contributed by atoms with Gasteiger partial charge in [-0.05, 0) is 38.1 Å². The lowest BCUT2D eigenvalue weighted by atomic mass is 10.1. The number of nitrogens with one attached hydrogen (secondary N) is 1. The molecule has 0 saturated heterocycles. The highest BCUT2D eigenvalue weighted by Crippen LogP contribution is 2.15. The van der Waals surface area contributed by atoms with Gasteiger partial charge >= 0.3 is 0 Å². The highest BCUT2D eigenvalue weighted by atomic mass is 35.5. The van der Waals surface area contributed by atoms with Crippen molar-refractivity contribution in [1.29, 1.82) is 0 Å². The number of halogens is 1. The second kappa shape index (κ2) is 6.95. The molecule has 0 bridgehead atoms. The number of β-amino-alcohol motifs (C(OH)–C–C–N with tert-alkyl or cyclic N) is 1. The zero-order valence-electron chi connectivity index (χ0n) is 10.7. The van der Waals surface area contributed by atoms with E-state index in [1.807, 2.05) is 13.8 Å². The van der Waals surface area contributed by atoms with Crippen molar-refractivity contribution < 1.29 is 14.9 Å². The van der Waals surface area contributed by atoms with Gasteiger partial charge in [0.15, 0.2) is 0 Å². The third-order valence-corrected chi connectivity index (χ3v) is 2.72. The summed E-state index contributed by atoms with van der Waals surface area (Å²) < 4.78 is 5.41. The minimum atomic E-state index is -0.633. The van der Waals surface area contributed by atoms with Gasteiger partial charge in [-0.3, -0.25) is 0 Å². The third-order valence-electron chi connectivity index (χ3n) is 2.47. The zero-order valence-corrected chi connectivity index (χ0v) is 11.4. The molecule has 0 heterocycles. The Morgan fingerprint density at radius 2 is 1.94 bits per heavy atom. The Balaban J connectivity index is 2.29. The minimum Gasteiger partial charge on any atom is -0.491 e. The van der Waals surface area contributed by atoms with E-state index in [2.05, 4.69) is 5.32 Å². The molecule has 18 heavy (non-hydrogen) atoms. The summed E-state index contributed by atoms with van der Waals surface area (Å²) in [7, 11) is 0. The smallest absolute Gasteiger partial charge is 0.119 e. The summed E-state index contributed by atoms with van der Waals surface area (Å²) in [6.45, 7) is 4.29. The van der Waals surface area contributed by atoms with E-state index in [9.17, 15) is 5.11 Å². The summed E-state index contributed by atoms with van der Waals surface area (Å²) in [6.07, 6.45) is -0.633. The van der Waals surface area contributed by atoms with E-state index in [0.717, 1.165) is 0 Å². The predicted octanol–water partition coefficient (Wildman–Crippen LogP) is 1.44. The number of aliphatic hydroxyl groups excluding tert-OH is 2. The van der Waals surface area contributed by atoms with Crippen LogP contribution >= 0.6 is 11.6 Å². The molecular formula is C13H20ClNO3. The van der Waals surface area contributed by atoms with Crippen molar-refractivity contribution in [1.82, 2.24) is 5.32 Å². The average molecular weight is 274 g/mol. The first-order valence-electron chi connectivity index (χ1n) is 5.85. The second-order valence-electron chi connectivity index (χ2n) is 4.84. The van der Waals surface area contributed by atoms with Crippen molar-refractivity contribution in [3.05, 3.63) is 29.3 Å². The maximum Gasteiger partial charge on any atom is 0.119 e. The van der Waals surface area contributed by atoms with Gasteiger partial charge in [0.25, 0.3) is 0 Å². The lowest BCUT2D eigenvalue weighted by molar-refractivity contribution is 0.0907. The molecule has 4 nitrogen and oxygen atoms in total. The lowest BCUT2D eigenvalue weighted by Crippen LogP contribution is -2.47. The van der Waals surface area contributed by atoms with Crippen LogP contribution in [0, 0.1) is 0 Å². The van der Waals surface area contributed by atoms with Crippen LogP contribution in [0.3, 0.4) is 0 Å². The highest BCUT2D eigenvalue weighted by molar-refractivity contribution is 6.30. The van der Waals surface area contributed by atoms with Gasteiger partial charge in [-0.15, -0.1) is 0 Å². The highest BCUT2D eigenvalue weighted by Gasteiger charge is 2.17. The Hall–Kier alpha value is -0.810. The molecular weight excluding hydrogens is 254 g/mol. The number of rotatable bonds is 7. The fourth-order valence-electron chi connectivity index (χ4n) is 1.23. The first kappa shape index (κ1) is 15.2. The largest absolute Gasteiger partial charge is 0.491 e. The molecule has 0 aromatic heterocycles. The average Bonchev–Trinajstić information content (AvgIpc) is 2.36. The SMILES string of the molecule is CC(C)(CO)NCC(O)COc1ccc(Cl)cc1. The van der Waals surface area contributed by atoms with Gasteiger partial charge < -0.3 is 20.3 Å². The molecule has 3 N–H and O–H groups in total.